The number of rotatable bonds is 4. The topological polar surface area (TPSA) is 123 Å². The Morgan fingerprint density at radius 3 is 2.69 bits per heavy atom. The van der Waals surface area contributed by atoms with Gasteiger partial charge in [-0.2, -0.15) is 0 Å². The Morgan fingerprint density at radius 1 is 1.56 bits per heavy atom. The maximum atomic E-state index is 10.6. The normalized spacial score (nSPS) is 14.4. The van der Waals surface area contributed by atoms with Crippen LogP contribution >= 0.6 is 11.6 Å². The van der Waals surface area contributed by atoms with E-state index in [0.717, 1.165) is 12.4 Å². The van der Waals surface area contributed by atoms with E-state index in [9.17, 15) is 20.3 Å². The van der Waals surface area contributed by atoms with Crippen molar-refractivity contribution in [2.24, 2.45) is 0 Å². The highest BCUT2D eigenvalue weighted by Gasteiger charge is 2.24. The molecule has 7 nitrogen and oxygen atoms in total. The van der Waals surface area contributed by atoms with Crippen LogP contribution in [0.15, 0.2) is 12.4 Å². The number of anilines is 1. The number of hydrogen-bond acceptors (Lipinski definition) is 6. The minimum Gasteiger partial charge on any atom is -0.393 e. The van der Waals surface area contributed by atoms with E-state index in [2.05, 4.69) is 4.98 Å². The quantitative estimate of drug-likeness (QED) is 0.397. The third-order valence-corrected chi connectivity index (χ3v) is 2.35. The van der Waals surface area contributed by atoms with Crippen LogP contribution in [0.4, 0.5) is 11.4 Å². The van der Waals surface area contributed by atoms with Crippen LogP contribution in [0, 0.1) is 10.1 Å². The SMILES string of the molecule is Nc1c(C(O)C(O)CCl)cncc1[N+](=O)[O-]. The van der Waals surface area contributed by atoms with Crippen molar-refractivity contribution in [1.82, 2.24) is 4.98 Å². The summed E-state index contributed by atoms with van der Waals surface area (Å²) in [7, 11) is 0. The van der Waals surface area contributed by atoms with Crippen molar-refractivity contribution in [2.45, 2.75) is 12.2 Å². The molecule has 4 N–H and O–H groups in total. The number of aliphatic hydroxyl groups is 2. The van der Waals surface area contributed by atoms with Crippen LogP contribution in [0.1, 0.15) is 11.7 Å². The zero-order valence-corrected chi connectivity index (χ0v) is 8.83. The third-order valence-electron chi connectivity index (χ3n) is 2.04. The van der Waals surface area contributed by atoms with Crippen LogP contribution in [0.3, 0.4) is 0 Å². The number of pyridine rings is 1. The number of hydrogen-bond donors (Lipinski definition) is 3. The van der Waals surface area contributed by atoms with Gasteiger partial charge in [0.25, 0.3) is 0 Å². The summed E-state index contributed by atoms with van der Waals surface area (Å²) in [6, 6.07) is 0. The predicted molar refractivity (Wildman–Crippen MR) is 57.0 cm³/mol. The molecule has 0 bridgehead atoms. The van der Waals surface area contributed by atoms with Gasteiger partial charge in [0.1, 0.15) is 18.0 Å². The average molecular weight is 248 g/mol. The van der Waals surface area contributed by atoms with Crippen molar-refractivity contribution in [3.63, 3.8) is 0 Å². The van der Waals surface area contributed by atoms with Crippen LogP contribution in [0.5, 0.6) is 0 Å². The van der Waals surface area contributed by atoms with E-state index in [1.54, 1.807) is 0 Å². The first-order valence-electron chi connectivity index (χ1n) is 4.29. The summed E-state index contributed by atoms with van der Waals surface area (Å²) in [6.45, 7) is 0. The molecule has 0 radical (unpaired) electrons. The van der Waals surface area contributed by atoms with E-state index in [1.165, 1.54) is 0 Å². The molecule has 88 valence electrons. The second-order valence-corrected chi connectivity index (χ2v) is 3.39. The van der Waals surface area contributed by atoms with Gasteiger partial charge in [-0.25, -0.2) is 0 Å². The lowest BCUT2D eigenvalue weighted by atomic mass is 10.1. The Bertz CT molecular complexity index is 401. The number of nitrogens with zero attached hydrogens (tertiary/aromatic N) is 2. The number of halogens is 1. The van der Waals surface area contributed by atoms with E-state index in [-0.39, 0.29) is 17.1 Å². The van der Waals surface area contributed by atoms with Gasteiger partial charge in [0.05, 0.1) is 16.9 Å². The van der Waals surface area contributed by atoms with Crippen molar-refractivity contribution in [3.05, 3.63) is 28.1 Å². The number of nitrogen functional groups attached to an aromatic ring is 1. The van der Waals surface area contributed by atoms with Gasteiger partial charge in [-0.1, -0.05) is 0 Å². The number of nitrogens with two attached hydrogens (primary N) is 1. The molecule has 0 saturated heterocycles. The molecule has 1 aromatic rings. The van der Waals surface area contributed by atoms with Crippen LogP contribution in [-0.2, 0) is 0 Å². The third kappa shape index (κ3) is 2.38. The number of aliphatic hydroxyl groups excluding tert-OH is 2. The fourth-order valence-corrected chi connectivity index (χ4v) is 1.32. The summed E-state index contributed by atoms with van der Waals surface area (Å²) < 4.78 is 0. The molecule has 0 saturated carbocycles. The van der Waals surface area contributed by atoms with Gasteiger partial charge in [0.2, 0.25) is 0 Å². The summed E-state index contributed by atoms with van der Waals surface area (Å²) in [6.07, 6.45) is -0.529. The zero-order chi connectivity index (χ0) is 12.3. The maximum absolute atomic E-state index is 10.6. The van der Waals surface area contributed by atoms with E-state index < -0.39 is 22.8 Å². The van der Waals surface area contributed by atoms with Crippen LogP contribution < -0.4 is 5.73 Å². The highest BCUT2D eigenvalue weighted by atomic mass is 35.5. The number of aromatic nitrogens is 1. The van der Waals surface area contributed by atoms with Crippen LogP contribution in [-0.4, -0.2) is 32.1 Å². The molecule has 1 rings (SSSR count). The first-order valence-corrected chi connectivity index (χ1v) is 4.82. The molecule has 0 aliphatic carbocycles. The Hall–Kier alpha value is -1.44. The molecule has 0 aliphatic rings. The van der Waals surface area contributed by atoms with Crippen molar-refractivity contribution >= 4 is 23.0 Å². The molecule has 2 atom stereocenters. The molecular weight excluding hydrogens is 238 g/mol. The standard InChI is InChI=1S/C8H10ClN3O4/c9-1-6(13)8(14)4-2-11-3-5(7(4)10)12(15)16/h2-3,6,8,13-14H,1H2,(H2,10,11). The molecule has 1 heterocycles. The Morgan fingerprint density at radius 2 is 2.19 bits per heavy atom. The second-order valence-electron chi connectivity index (χ2n) is 3.09. The first kappa shape index (κ1) is 12.6. The molecule has 2 unspecified atom stereocenters. The minimum absolute atomic E-state index is 0.0117. The lowest BCUT2D eigenvalue weighted by Crippen LogP contribution is -2.21. The predicted octanol–water partition coefficient (Wildman–Crippen LogP) is 0.205. The van der Waals surface area contributed by atoms with Gasteiger partial charge < -0.3 is 15.9 Å². The molecular formula is C8H10ClN3O4. The van der Waals surface area contributed by atoms with Gasteiger partial charge in [-0.05, 0) is 0 Å². The average Bonchev–Trinajstić information content (AvgIpc) is 2.27. The highest BCUT2D eigenvalue weighted by Crippen LogP contribution is 2.29. The Kier molecular flexibility index (Phi) is 3.99. The van der Waals surface area contributed by atoms with Gasteiger partial charge in [-0.3, -0.25) is 15.1 Å². The van der Waals surface area contributed by atoms with Crippen LogP contribution in [0.2, 0.25) is 0 Å². The molecule has 0 fully saturated rings. The molecule has 16 heavy (non-hydrogen) atoms. The molecule has 0 aromatic carbocycles. The summed E-state index contributed by atoms with van der Waals surface area (Å²) >= 11 is 5.35. The summed E-state index contributed by atoms with van der Waals surface area (Å²) in [5.41, 5.74) is 4.83. The van der Waals surface area contributed by atoms with Crippen LogP contribution in [0.25, 0.3) is 0 Å². The largest absolute Gasteiger partial charge is 0.393 e. The Labute approximate surface area is 95.6 Å². The smallest absolute Gasteiger partial charge is 0.310 e. The molecule has 8 heteroatoms. The van der Waals surface area contributed by atoms with E-state index in [0.29, 0.717) is 0 Å². The molecule has 0 amide bonds. The lowest BCUT2D eigenvalue weighted by Gasteiger charge is -2.16. The second kappa shape index (κ2) is 5.06. The Balaban J connectivity index is 3.15. The molecule has 0 aliphatic heterocycles. The fraction of sp³-hybridized carbons (Fsp3) is 0.375. The summed E-state index contributed by atoms with van der Waals surface area (Å²) in [5.74, 6) is -0.219. The molecule has 0 spiro atoms. The van der Waals surface area contributed by atoms with Crippen molar-refractivity contribution in [3.8, 4) is 0 Å². The van der Waals surface area contributed by atoms with Crippen molar-refractivity contribution < 1.29 is 15.1 Å². The maximum Gasteiger partial charge on any atom is 0.310 e. The van der Waals surface area contributed by atoms with E-state index in [4.69, 9.17) is 17.3 Å². The minimum atomic E-state index is -1.40. The van der Waals surface area contributed by atoms with E-state index in [1.807, 2.05) is 0 Å². The molecule has 1 aromatic heterocycles. The van der Waals surface area contributed by atoms with Gasteiger partial charge in [0.15, 0.2) is 0 Å². The number of alkyl halides is 1. The highest BCUT2D eigenvalue weighted by molar-refractivity contribution is 6.18. The fourth-order valence-electron chi connectivity index (χ4n) is 1.15. The van der Waals surface area contributed by atoms with Gasteiger partial charge >= 0.3 is 5.69 Å². The van der Waals surface area contributed by atoms with Crippen molar-refractivity contribution in [1.29, 1.82) is 0 Å². The lowest BCUT2D eigenvalue weighted by molar-refractivity contribution is -0.384. The number of nitro groups is 1. The summed E-state index contributed by atoms with van der Waals surface area (Å²) in [4.78, 5) is 13.4. The first-order chi connectivity index (χ1) is 7.49. The van der Waals surface area contributed by atoms with Gasteiger partial charge in [-0.15, -0.1) is 11.6 Å². The van der Waals surface area contributed by atoms with Gasteiger partial charge in [0, 0.05) is 11.8 Å². The monoisotopic (exact) mass is 247 g/mol. The zero-order valence-electron chi connectivity index (χ0n) is 8.08. The van der Waals surface area contributed by atoms with Crippen molar-refractivity contribution in [2.75, 3.05) is 11.6 Å². The van der Waals surface area contributed by atoms with E-state index >= 15 is 0 Å². The summed E-state index contributed by atoms with van der Waals surface area (Å²) in [5, 5.41) is 29.4.